The van der Waals surface area contributed by atoms with E-state index in [1.165, 1.54) is 0 Å². The minimum absolute atomic E-state index is 0.0613. The van der Waals surface area contributed by atoms with Gasteiger partial charge < -0.3 is 4.90 Å². The number of amides is 1. The summed E-state index contributed by atoms with van der Waals surface area (Å²) in [6.07, 6.45) is 2.90. The SMILES string of the molecule is CC1(C)CCN(C(=O)c2cc(F)cnc2Cl)CC1. The van der Waals surface area contributed by atoms with Gasteiger partial charge in [0.2, 0.25) is 0 Å². The fourth-order valence-corrected chi connectivity index (χ4v) is 2.24. The molecular formula is C13H16ClFN2O. The maximum atomic E-state index is 13.1. The van der Waals surface area contributed by atoms with Crippen molar-refractivity contribution >= 4 is 17.5 Å². The molecule has 0 radical (unpaired) electrons. The van der Waals surface area contributed by atoms with E-state index >= 15 is 0 Å². The van der Waals surface area contributed by atoms with Gasteiger partial charge in [-0.1, -0.05) is 25.4 Å². The van der Waals surface area contributed by atoms with Gasteiger partial charge in [-0.25, -0.2) is 9.37 Å². The molecule has 0 saturated carbocycles. The summed E-state index contributed by atoms with van der Waals surface area (Å²) in [7, 11) is 0. The molecule has 5 heteroatoms. The second-order valence-electron chi connectivity index (χ2n) is 5.45. The van der Waals surface area contributed by atoms with Crippen LogP contribution in [0.5, 0.6) is 0 Å². The molecular weight excluding hydrogens is 255 g/mol. The summed E-state index contributed by atoms with van der Waals surface area (Å²) in [5.41, 5.74) is 0.414. The van der Waals surface area contributed by atoms with E-state index in [9.17, 15) is 9.18 Å². The Morgan fingerprint density at radius 2 is 2.06 bits per heavy atom. The highest BCUT2D eigenvalue weighted by Crippen LogP contribution is 2.30. The average Bonchev–Trinajstić information content (AvgIpc) is 2.31. The van der Waals surface area contributed by atoms with Crippen molar-refractivity contribution in [2.75, 3.05) is 13.1 Å². The van der Waals surface area contributed by atoms with Gasteiger partial charge in [0.1, 0.15) is 11.0 Å². The second-order valence-corrected chi connectivity index (χ2v) is 5.81. The summed E-state index contributed by atoms with van der Waals surface area (Å²) < 4.78 is 13.1. The molecule has 18 heavy (non-hydrogen) atoms. The Hall–Kier alpha value is -1.16. The van der Waals surface area contributed by atoms with Crippen LogP contribution in [0.3, 0.4) is 0 Å². The highest BCUT2D eigenvalue weighted by Gasteiger charge is 2.29. The Kier molecular flexibility index (Phi) is 3.57. The molecule has 98 valence electrons. The standard InChI is InChI=1S/C13H16ClFN2O/c1-13(2)3-5-17(6-4-13)12(18)10-7-9(15)8-16-11(10)14/h7-8H,3-6H2,1-2H3. The quantitative estimate of drug-likeness (QED) is 0.735. The Morgan fingerprint density at radius 3 is 2.67 bits per heavy atom. The number of pyridine rings is 1. The van der Waals surface area contributed by atoms with Crippen LogP contribution in [0, 0.1) is 11.2 Å². The van der Waals surface area contributed by atoms with Gasteiger partial charge in [0, 0.05) is 13.1 Å². The second kappa shape index (κ2) is 4.84. The van der Waals surface area contributed by atoms with E-state index < -0.39 is 5.82 Å². The third-order valence-electron chi connectivity index (χ3n) is 3.44. The molecule has 2 rings (SSSR count). The summed E-state index contributed by atoms with van der Waals surface area (Å²) in [5.74, 6) is -0.775. The Balaban J connectivity index is 2.15. The number of piperidine rings is 1. The zero-order chi connectivity index (χ0) is 13.3. The number of hydrogen-bond acceptors (Lipinski definition) is 2. The number of rotatable bonds is 1. The third-order valence-corrected chi connectivity index (χ3v) is 3.74. The van der Waals surface area contributed by atoms with Crippen LogP contribution in [0.15, 0.2) is 12.3 Å². The minimum atomic E-state index is -0.542. The zero-order valence-corrected chi connectivity index (χ0v) is 11.3. The molecule has 0 aliphatic carbocycles. The van der Waals surface area contributed by atoms with E-state index in [0.29, 0.717) is 13.1 Å². The fourth-order valence-electron chi connectivity index (χ4n) is 2.06. The van der Waals surface area contributed by atoms with Gasteiger partial charge in [-0.2, -0.15) is 0 Å². The normalized spacial score (nSPS) is 18.8. The maximum absolute atomic E-state index is 13.1. The van der Waals surface area contributed by atoms with Gasteiger partial charge in [0.25, 0.3) is 5.91 Å². The predicted octanol–water partition coefficient (Wildman–Crippen LogP) is 3.14. The van der Waals surface area contributed by atoms with Crippen molar-refractivity contribution < 1.29 is 9.18 Å². The van der Waals surface area contributed by atoms with E-state index in [2.05, 4.69) is 18.8 Å². The molecule has 0 N–H and O–H groups in total. The zero-order valence-electron chi connectivity index (χ0n) is 10.5. The van der Waals surface area contributed by atoms with Crippen LogP contribution in [0.2, 0.25) is 5.15 Å². The molecule has 0 aromatic carbocycles. The molecule has 1 aromatic heterocycles. The maximum Gasteiger partial charge on any atom is 0.257 e. The first-order chi connectivity index (χ1) is 8.39. The molecule has 0 bridgehead atoms. The van der Waals surface area contributed by atoms with Crippen LogP contribution in [0.4, 0.5) is 4.39 Å². The molecule has 1 aliphatic heterocycles. The van der Waals surface area contributed by atoms with Gasteiger partial charge in [-0.3, -0.25) is 4.79 Å². The van der Waals surface area contributed by atoms with Gasteiger partial charge in [0.05, 0.1) is 11.8 Å². The van der Waals surface area contributed by atoms with Gasteiger partial charge in [-0.15, -0.1) is 0 Å². The van der Waals surface area contributed by atoms with Crippen molar-refractivity contribution in [1.82, 2.24) is 9.88 Å². The molecule has 1 aliphatic rings. The van der Waals surface area contributed by atoms with Crippen LogP contribution < -0.4 is 0 Å². The third kappa shape index (κ3) is 2.80. The Labute approximate surface area is 111 Å². The summed E-state index contributed by atoms with van der Waals surface area (Å²) in [4.78, 5) is 17.6. The number of likely N-dealkylation sites (tertiary alicyclic amines) is 1. The summed E-state index contributed by atoms with van der Waals surface area (Å²) in [6.45, 7) is 5.73. The number of carbonyl (C=O) groups excluding carboxylic acids is 1. The number of nitrogens with zero attached hydrogens (tertiary/aromatic N) is 2. The fraction of sp³-hybridized carbons (Fsp3) is 0.538. The first-order valence-electron chi connectivity index (χ1n) is 5.99. The lowest BCUT2D eigenvalue weighted by Crippen LogP contribution is -2.41. The topological polar surface area (TPSA) is 33.2 Å². The molecule has 2 heterocycles. The van der Waals surface area contributed by atoms with Crippen molar-refractivity contribution in [3.05, 3.63) is 28.8 Å². The largest absolute Gasteiger partial charge is 0.339 e. The lowest BCUT2D eigenvalue weighted by Gasteiger charge is -2.36. The average molecular weight is 271 g/mol. The molecule has 1 aromatic rings. The van der Waals surface area contributed by atoms with E-state index in [1.807, 2.05) is 0 Å². The Bertz CT molecular complexity index is 466. The molecule has 1 fully saturated rings. The summed E-state index contributed by atoms with van der Waals surface area (Å²) in [5, 5.41) is 0.0613. The van der Waals surface area contributed by atoms with Crippen molar-refractivity contribution in [3.8, 4) is 0 Å². The minimum Gasteiger partial charge on any atom is -0.339 e. The van der Waals surface area contributed by atoms with Crippen LogP contribution in [0.1, 0.15) is 37.0 Å². The number of carbonyl (C=O) groups is 1. The van der Waals surface area contributed by atoms with Gasteiger partial charge >= 0.3 is 0 Å². The molecule has 1 saturated heterocycles. The number of aromatic nitrogens is 1. The van der Waals surface area contributed by atoms with Crippen LogP contribution in [-0.2, 0) is 0 Å². The molecule has 0 atom stereocenters. The van der Waals surface area contributed by atoms with Crippen molar-refractivity contribution in [2.24, 2.45) is 5.41 Å². The van der Waals surface area contributed by atoms with E-state index in [1.54, 1.807) is 4.90 Å². The van der Waals surface area contributed by atoms with Crippen LogP contribution in [0.25, 0.3) is 0 Å². The predicted molar refractivity (Wildman–Crippen MR) is 68.1 cm³/mol. The number of halogens is 2. The van der Waals surface area contributed by atoms with E-state index in [-0.39, 0.29) is 22.0 Å². The van der Waals surface area contributed by atoms with Crippen molar-refractivity contribution in [1.29, 1.82) is 0 Å². The van der Waals surface area contributed by atoms with Crippen LogP contribution >= 0.6 is 11.6 Å². The number of hydrogen-bond donors (Lipinski definition) is 0. The van der Waals surface area contributed by atoms with E-state index in [4.69, 9.17) is 11.6 Å². The van der Waals surface area contributed by atoms with Gasteiger partial charge in [0.15, 0.2) is 0 Å². The monoisotopic (exact) mass is 270 g/mol. The van der Waals surface area contributed by atoms with Crippen molar-refractivity contribution in [2.45, 2.75) is 26.7 Å². The molecule has 0 unspecified atom stereocenters. The lowest BCUT2D eigenvalue weighted by atomic mass is 9.82. The molecule has 0 spiro atoms. The molecule has 3 nitrogen and oxygen atoms in total. The molecule has 1 amide bonds. The highest BCUT2D eigenvalue weighted by atomic mass is 35.5. The van der Waals surface area contributed by atoms with Crippen LogP contribution in [-0.4, -0.2) is 28.9 Å². The first-order valence-corrected chi connectivity index (χ1v) is 6.37. The summed E-state index contributed by atoms with van der Waals surface area (Å²) in [6, 6.07) is 1.15. The smallest absolute Gasteiger partial charge is 0.257 e. The highest BCUT2D eigenvalue weighted by molar-refractivity contribution is 6.32. The first kappa shape index (κ1) is 13.3. The van der Waals surface area contributed by atoms with Crippen molar-refractivity contribution in [3.63, 3.8) is 0 Å². The van der Waals surface area contributed by atoms with Gasteiger partial charge in [-0.05, 0) is 24.3 Å². The summed E-state index contributed by atoms with van der Waals surface area (Å²) >= 11 is 5.84. The Morgan fingerprint density at radius 1 is 1.44 bits per heavy atom. The lowest BCUT2D eigenvalue weighted by molar-refractivity contribution is 0.0629. The van der Waals surface area contributed by atoms with E-state index in [0.717, 1.165) is 25.1 Å².